The summed E-state index contributed by atoms with van der Waals surface area (Å²) in [4.78, 5) is 27.0. The van der Waals surface area contributed by atoms with Crippen LogP contribution in [0.1, 0.15) is 26.7 Å². The first kappa shape index (κ1) is 25.0. The van der Waals surface area contributed by atoms with E-state index in [-0.39, 0.29) is 12.3 Å². The normalized spacial score (nSPS) is 17.8. The molecule has 0 bridgehead atoms. The molecule has 2 amide bonds. The molecular weight excluding hydrogens is 418 g/mol. The van der Waals surface area contributed by atoms with E-state index < -0.39 is 56.0 Å². The number of benzene rings is 1. The smallest absolute Gasteiger partial charge is 0.426 e. The largest absolute Gasteiger partial charge is 0.475 e. The van der Waals surface area contributed by atoms with Gasteiger partial charge in [0.2, 0.25) is 11.8 Å². The van der Waals surface area contributed by atoms with Gasteiger partial charge in [0.05, 0.1) is 12.5 Å². The molecule has 0 radical (unpaired) electrons. The number of hydrogen-bond acceptors (Lipinski definition) is 6. The summed E-state index contributed by atoms with van der Waals surface area (Å²) in [7, 11) is -1.86. The van der Waals surface area contributed by atoms with Crippen LogP contribution in [-0.4, -0.2) is 66.8 Å². The number of anilines is 1. The molecule has 1 aromatic carbocycles. The lowest BCUT2D eigenvalue weighted by Crippen LogP contribution is -2.61. The molecule has 1 heterocycles. The fraction of sp³-hybridized carbons (Fsp3) is 0.579. The number of rotatable bonds is 11. The Hall–Kier alpha value is -2.31. The lowest BCUT2D eigenvalue weighted by Gasteiger charge is -2.42. The highest BCUT2D eigenvalue weighted by Gasteiger charge is 2.37. The Labute approximate surface area is 178 Å². The van der Waals surface area contributed by atoms with Crippen LogP contribution in [0.2, 0.25) is 0 Å². The number of amides is 2. The molecule has 172 valence electrons. The number of halogens is 3. The van der Waals surface area contributed by atoms with Crippen molar-refractivity contribution >= 4 is 24.6 Å². The lowest BCUT2D eigenvalue weighted by molar-refractivity contribution is -0.147. The standard InChI is InChI=1S/C19H27BF3N3O5/c1-11(2)9-16(20(29)30)25-17(27)14(10-31-19(22)23)24-18(28)15-7-8-26(15)13-5-3-12(21)4-6-13/h3-6,11,14-16,19,29-30H,7-10H2,1-2H3,(H,24,28)(H,25,27)/t14-,15-,16-/m0/s1. The Balaban J connectivity index is 2.05. The molecule has 1 aliphatic rings. The van der Waals surface area contributed by atoms with E-state index >= 15 is 0 Å². The molecule has 1 saturated heterocycles. The molecule has 0 saturated carbocycles. The number of nitrogens with zero attached hydrogens (tertiary/aromatic N) is 1. The summed E-state index contributed by atoms with van der Waals surface area (Å²) in [6, 6.07) is 3.40. The molecule has 0 spiro atoms. The Kier molecular flexibility index (Phi) is 9.14. The van der Waals surface area contributed by atoms with Crippen molar-refractivity contribution in [2.24, 2.45) is 5.92 Å². The van der Waals surface area contributed by atoms with E-state index in [1.807, 2.05) is 0 Å². The van der Waals surface area contributed by atoms with E-state index in [0.717, 1.165) is 0 Å². The van der Waals surface area contributed by atoms with Crippen LogP contribution in [0.4, 0.5) is 18.9 Å². The van der Waals surface area contributed by atoms with E-state index in [9.17, 15) is 32.8 Å². The molecule has 12 heteroatoms. The topological polar surface area (TPSA) is 111 Å². The van der Waals surface area contributed by atoms with Gasteiger partial charge in [0, 0.05) is 12.2 Å². The second-order valence-electron chi connectivity index (χ2n) is 7.79. The highest BCUT2D eigenvalue weighted by atomic mass is 19.3. The first-order valence-electron chi connectivity index (χ1n) is 9.97. The molecule has 8 nitrogen and oxygen atoms in total. The third-order valence-corrected chi connectivity index (χ3v) is 4.92. The van der Waals surface area contributed by atoms with Crippen molar-refractivity contribution in [1.29, 1.82) is 0 Å². The van der Waals surface area contributed by atoms with Gasteiger partial charge in [-0.05, 0) is 43.0 Å². The molecule has 3 atom stereocenters. The maximum absolute atomic E-state index is 13.1. The second kappa shape index (κ2) is 11.4. The number of carbonyl (C=O) groups is 2. The highest BCUT2D eigenvalue weighted by Crippen LogP contribution is 2.26. The second-order valence-corrected chi connectivity index (χ2v) is 7.79. The van der Waals surface area contributed by atoms with Gasteiger partial charge in [-0.15, -0.1) is 0 Å². The van der Waals surface area contributed by atoms with Crippen LogP contribution in [0.3, 0.4) is 0 Å². The van der Waals surface area contributed by atoms with E-state index in [0.29, 0.717) is 18.7 Å². The third-order valence-electron chi connectivity index (χ3n) is 4.92. The zero-order valence-corrected chi connectivity index (χ0v) is 17.3. The Morgan fingerprint density at radius 2 is 1.87 bits per heavy atom. The van der Waals surface area contributed by atoms with Crippen LogP contribution in [0.15, 0.2) is 24.3 Å². The first-order chi connectivity index (χ1) is 14.6. The lowest BCUT2D eigenvalue weighted by atomic mass is 9.75. The number of alkyl halides is 2. The molecule has 0 aliphatic carbocycles. The first-order valence-corrected chi connectivity index (χ1v) is 9.97. The number of ether oxygens (including phenoxy) is 1. The quantitative estimate of drug-likeness (QED) is 0.373. The molecule has 2 rings (SSSR count). The Morgan fingerprint density at radius 3 is 2.35 bits per heavy atom. The predicted molar refractivity (Wildman–Crippen MR) is 108 cm³/mol. The van der Waals surface area contributed by atoms with Crippen LogP contribution >= 0.6 is 0 Å². The van der Waals surface area contributed by atoms with Crippen LogP contribution in [0, 0.1) is 11.7 Å². The summed E-state index contributed by atoms with van der Waals surface area (Å²) in [5.74, 6) is -2.92. The SMILES string of the molecule is CC(C)C[C@H](NC(=O)[C@H](COC(F)F)NC(=O)[C@@H]1CCN1c1ccc(F)cc1)B(O)O. The van der Waals surface area contributed by atoms with E-state index in [1.165, 1.54) is 24.3 Å². The summed E-state index contributed by atoms with van der Waals surface area (Å²) in [5.41, 5.74) is 0.609. The third kappa shape index (κ3) is 7.40. The van der Waals surface area contributed by atoms with Crippen LogP contribution < -0.4 is 15.5 Å². The van der Waals surface area contributed by atoms with Gasteiger partial charge >= 0.3 is 13.7 Å². The van der Waals surface area contributed by atoms with Crippen molar-refractivity contribution in [2.45, 2.75) is 51.3 Å². The van der Waals surface area contributed by atoms with Crippen molar-refractivity contribution in [2.75, 3.05) is 18.1 Å². The molecule has 31 heavy (non-hydrogen) atoms. The van der Waals surface area contributed by atoms with Crippen LogP contribution in [0.5, 0.6) is 0 Å². The minimum Gasteiger partial charge on any atom is -0.426 e. The van der Waals surface area contributed by atoms with Gasteiger partial charge in [-0.1, -0.05) is 13.8 Å². The fourth-order valence-electron chi connectivity index (χ4n) is 3.27. The summed E-state index contributed by atoms with van der Waals surface area (Å²) >= 11 is 0. The zero-order chi connectivity index (χ0) is 23.1. The Bertz CT molecular complexity index is 739. The van der Waals surface area contributed by atoms with Crippen LogP contribution in [-0.2, 0) is 14.3 Å². The monoisotopic (exact) mass is 445 g/mol. The highest BCUT2D eigenvalue weighted by molar-refractivity contribution is 6.43. The van der Waals surface area contributed by atoms with E-state index in [2.05, 4.69) is 15.4 Å². The van der Waals surface area contributed by atoms with Gasteiger partial charge in [0.15, 0.2) is 0 Å². The molecule has 4 N–H and O–H groups in total. The predicted octanol–water partition coefficient (Wildman–Crippen LogP) is 0.671. The molecule has 1 aromatic rings. The van der Waals surface area contributed by atoms with E-state index in [4.69, 9.17) is 0 Å². The van der Waals surface area contributed by atoms with Gasteiger partial charge < -0.3 is 30.3 Å². The van der Waals surface area contributed by atoms with Crippen molar-refractivity contribution in [1.82, 2.24) is 10.6 Å². The van der Waals surface area contributed by atoms with Crippen molar-refractivity contribution in [3.8, 4) is 0 Å². The minimum absolute atomic E-state index is 0.0108. The summed E-state index contributed by atoms with van der Waals surface area (Å²) in [6.07, 6.45) is 0.680. The van der Waals surface area contributed by atoms with Gasteiger partial charge in [0.25, 0.3) is 0 Å². The van der Waals surface area contributed by atoms with E-state index in [1.54, 1.807) is 18.7 Å². The average molecular weight is 445 g/mol. The average Bonchev–Trinajstić information content (AvgIpc) is 2.64. The van der Waals surface area contributed by atoms with Gasteiger partial charge in [-0.25, -0.2) is 4.39 Å². The molecule has 0 aromatic heterocycles. The summed E-state index contributed by atoms with van der Waals surface area (Å²) in [5, 5.41) is 23.7. The summed E-state index contributed by atoms with van der Waals surface area (Å²) in [6.45, 7) is 0.194. The molecule has 0 unspecified atom stereocenters. The van der Waals surface area contributed by atoms with Gasteiger partial charge in [-0.2, -0.15) is 8.78 Å². The number of nitrogens with one attached hydrogen (secondary N) is 2. The van der Waals surface area contributed by atoms with Gasteiger partial charge in [0.1, 0.15) is 17.9 Å². The molecule has 1 fully saturated rings. The molecule has 1 aliphatic heterocycles. The fourth-order valence-corrected chi connectivity index (χ4v) is 3.27. The van der Waals surface area contributed by atoms with Crippen LogP contribution in [0.25, 0.3) is 0 Å². The Morgan fingerprint density at radius 1 is 1.23 bits per heavy atom. The number of carbonyl (C=O) groups excluding carboxylic acids is 2. The van der Waals surface area contributed by atoms with Gasteiger partial charge in [-0.3, -0.25) is 9.59 Å². The number of hydrogen-bond donors (Lipinski definition) is 4. The maximum atomic E-state index is 13.1. The van der Waals surface area contributed by atoms with Crippen molar-refractivity contribution < 1.29 is 37.5 Å². The summed E-state index contributed by atoms with van der Waals surface area (Å²) < 4.78 is 42.4. The van der Waals surface area contributed by atoms with Crippen molar-refractivity contribution in [3.63, 3.8) is 0 Å². The maximum Gasteiger partial charge on any atom is 0.475 e. The zero-order valence-electron chi connectivity index (χ0n) is 17.3. The van der Waals surface area contributed by atoms with Crippen molar-refractivity contribution in [3.05, 3.63) is 30.1 Å². The minimum atomic E-state index is -3.15. The molecular formula is C19H27BF3N3O5.